The first-order valence-electron chi connectivity index (χ1n) is 3.03. The average molecular weight is 156 g/mol. The molecule has 1 rings (SSSR count). The first-order valence-corrected chi connectivity index (χ1v) is 3.03. The lowest BCUT2D eigenvalue weighted by Crippen LogP contribution is -2.20. The minimum absolute atomic E-state index is 0.192. The lowest BCUT2D eigenvalue weighted by molar-refractivity contribution is 0.194. The Labute approximate surface area is 62.6 Å². The predicted octanol–water partition coefficient (Wildman–Crippen LogP) is -0.119. The average Bonchev–Trinajstić information content (AvgIpc) is 2.31. The molecular formula is C5H8N4O2. The highest BCUT2D eigenvalue weighted by atomic mass is 16.4. The van der Waals surface area contributed by atoms with E-state index in [0.29, 0.717) is 11.4 Å². The molecule has 0 saturated heterocycles. The monoisotopic (exact) mass is 156 g/mol. The van der Waals surface area contributed by atoms with Crippen molar-refractivity contribution in [2.24, 2.45) is 0 Å². The first-order chi connectivity index (χ1) is 5.20. The minimum Gasteiger partial charge on any atom is -0.465 e. The summed E-state index contributed by atoms with van der Waals surface area (Å²) in [7, 11) is 0. The second-order valence-corrected chi connectivity index (χ2v) is 2.01. The van der Waals surface area contributed by atoms with E-state index in [2.05, 4.69) is 20.7 Å². The topological polar surface area (TPSA) is 90.9 Å². The number of carboxylic acid groups (broad SMARTS) is 1. The summed E-state index contributed by atoms with van der Waals surface area (Å²) in [6.07, 6.45) is -1.06. The van der Waals surface area contributed by atoms with Crippen LogP contribution >= 0.6 is 0 Å². The zero-order chi connectivity index (χ0) is 8.27. The Morgan fingerprint density at radius 2 is 2.45 bits per heavy atom. The standard InChI is InChI=1S/C5H8N4O2/c1-3-4(8-9-7-3)2-6-5(10)11/h6H,2H2,1H3,(H,10,11)(H,7,8,9). The van der Waals surface area contributed by atoms with Crippen LogP contribution in [-0.4, -0.2) is 26.6 Å². The molecule has 0 aliphatic heterocycles. The van der Waals surface area contributed by atoms with Crippen LogP contribution in [0.4, 0.5) is 4.79 Å². The number of nitrogens with one attached hydrogen (secondary N) is 2. The van der Waals surface area contributed by atoms with Gasteiger partial charge in [-0.2, -0.15) is 15.4 Å². The number of hydrogen-bond acceptors (Lipinski definition) is 3. The molecule has 0 atom stereocenters. The zero-order valence-electron chi connectivity index (χ0n) is 5.96. The quantitative estimate of drug-likeness (QED) is 0.556. The largest absolute Gasteiger partial charge is 0.465 e. The van der Waals surface area contributed by atoms with Crippen LogP contribution in [0, 0.1) is 6.92 Å². The molecule has 3 N–H and O–H groups in total. The normalized spacial score (nSPS) is 9.55. The number of amides is 1. The third kappa shape index (κ3) is 1.92. The van der Waals surface area contributed by atoms with Crippen LogP contribution in [0.15, 0.2) is 0 Å². The molecule has 0 spiro atoms. The fourth-order valence-electron chi connectivity index (χ4n) is 0.633. The molecule has 0 aliphatic carbocycles. The van der Waals surface area contributed by atoms with Crippen molar-refractivity contribution in [3.63, 3.8) is 0 Å². The van der Waals surface area contributed by atoms with Gasteiger partial charge in [-0.25, -0.2) is 4.79 Å². The number of hydrogen-bond donors (Lipinski definition) is 3. The summed E-state index contributed by atoms with van der Waals surface area (Å²) in [5, 5.41) is 20.3. The predicted molar refractivity (Wildman–Crippen MR) is 36.0 cm³/mol. The van der Waals surface area contributed by atoms with Gasteiger partial charge >= 0.3 is 6.09 Å². The maximum atomic E-state index is 10.0. The number of rotatable bonds is 2. The van der Waals surface area contributed by atoms with Gasteiger partial charge in [0.15, 0.2) is 0 Å². The van der Waals surface area contributed by atoms with E-state index in [4.69, 9.17) is 5.11 Å². The number of aromatic nitrogens is 3. The molecular weight excluding hydrogens is 148 g/mol. The van der Waals surface area contributed by atoms with Crippen LogP contribution in [0.2, 0.25) is 0 Å². The summed E-state index contributed by atoms with van der Waals surface area (Å²) >= 11 is 0. The van der Waals surface area contributed by atoms with Gasteiger partial charge in [0.25, 0.3) is 0 Å². The van der Waals surface area contributed by atoms with Crippen LogP contribution in [0.3, 0.4) is 0 Å². The number of nitrogens with zero attached hydrogens (tertiary/aromatic N) is 2. The van der Waals surface area contributed by atoms with Gasteiger partial charge in [0.2, 0.25) is 0 Å². The van der Waals surface area contributed by atoms with Crippen molar-refractivity contribution in [2.75, 3.05) is 0 Å². The number of aromatic amines is 1. The fraction of sp³-hybridized carbons (Fsp3) is 0.400. The summed E-state index contributed by atoms with van der Waals surface area (Å²) in [5.41, 5.74) is 1.33. The number of H-pyrrole nitrogens is 1. The highest BCUT2D eigenvalue weighted by Gasteiger charge is 2.02. The van der Waals surface area contributed by atoms with E-state index in [1.54, 1.807) is 6.92 Å². The summed E-state index contributed by atoms with van der Waals surface area (Å²) in [6.45, 7) is 1.94. The van der Waals surface area contributed by atoms with Crippen LogP contribution in [0.1, 0.15) is 11.4 Å². The van der Waals surface area contributed by atoms with Crippen molar-refractivity contribution >= 4 is 6.09 Å². The van der Waals surface area contributed by atoms with E-state index in [1.807, 2.05) is 0 Å². The lowest BCUT2D eigenvalue weighted by Gasteiger charge is -1.95. The minimum atomic E-state index is -1.06. The van der Waals surface area contributed by atoms with Gasteiger partial charge < -0.3 is 10.4 Å². The zero-order valence-corrected chi connectivity index (χ0v) is 5.96. The second kappa shape index (κ2) is 3.00. The maximum absolute atomic E-state index is 10.0. The number of aryl methyl sites for hydroxylation is 1. The maximum Gasteiger partial charge on any atom is 0.404 e. The Bertz CT molecular complexity index is 257. The van der Waals surface area contributed by atoms with Crippen molar-refractivity contribution in [1.82, 2.24) is 20.7 Å². The summed E-state index contributed by atoms with van der Waals surface area (Å²) in [5.74, 6) is 0. The van der Waals surface area contributed by atoms with Gasteiger partial charge in [0.1, 0.15) is 5.69 Å². The van der Waals surface area contributed by atoms with Crippen LogP contribution < -0.4 is 5.32 Å². The molecule has 0 saturated carbocycles. The molecule has 0 aliphatic rings. The summed E-state index contributed by atoms with van der Waals surface area (Å²) in [6, 6.07) is 0. The van der Waals surface area contributed by atoms with Crippen LogP contribution in [0.25, 0.3) is 0 Å². The van der Waals surface area contributed by atoms with E-state index in [9.17, 15) is 4.79 Å². The molecule has 1 aromatic rings. The molecule has 6 heteroatoms. The van der Waals surface area contributed by atoms with Crippen molar-refractivity contribution in [3.8, 4) is 0 Å². The van der Waals surface area contributed by atoms with Gasteiger partial charge in [0, 0.05) is 0 Å². The number of carbonyl (C=O) groups is 1. The Hall–Kier alpha value is -1.59. The van der Waals surface area contributed by atoms with Crippen molar-refractivity contribution in [2.45, 2.75) is 13.5 Å². The molecule has 0 radical (unpaired) electrons. The molecule has 11 heavy (non-hydrogen) atoms. The molecule has 0 fully saturated rings. The van der Waals surface area contributed by atoms with Crippen LogP contribution in [-0.2, 0) is 6.54 Å². The van der Waals surface area contributed by atoms with Crippen molar-refractivity contribution in [3.05, 3.63) is 11.4 Å². The summed E-state index contributed by atoms with van der Waals surface area (Å²) < 4.78 is 0. The summed E-state index contributed by atoms with van der Waals surface area (Å²) in [4.78, 5) is 10.0. The Balaban J connectivity index is 2.51. The fourth-order valence-corrected chi connectivity index (χ4v) is 0.633. The third-order valence-corrected chi connectivity index (χ3v) is 1.23. The SMILES string of the molecule is Cc1n[nH]nc1CNC(=O)O. The molecule has 1 amide bonds. The Kier molecular flexibility index (Phi) is 2.05. The van der Waals surface area contributed by atoms with E-state index in [0.717, 1.165) is 0 Å². The van der Waals surface area contributed by atoms with Gasteiger partial charge in [0.05, 0.1) is 12.2 Å². The molecule has 0 aromatic carbocycles. The molecule has 6 nitrogen and oxygen atoms in total. The van der Waals surface area contributed by atoms with Crippen LogP contribution in [0.5, 0.6) is 0 Å². The van der Waals surface area contributed by atoms with E-state index >= 15 is 0 Å². The van der Waals surface area contributed by atoms with Gasteiger partial charge in [-0.1, -0.05) is 0 Å². The molecule has 60 valence electrons. The van der Waals surface area contributed by atoms with Gasteiger partial charge in [-0.05, 0) is 6.92 Å². The molecule has 1 heterocycles. The molecule has 0 unspecified atom stereocenters. The Morgan fingerprint density at radius 3 is 2.91 bits per heavy atom. The van der Waals surface area contributed by atoms with E-state index in [-0.39, 0.29) is 6.54 Å². The molecule has 1 aromatic heterocycles. The van der Waals surface area contributed by atoms with E-state index in [1.165, 1.54) is 0 Å². The van der Waals surface area contributed by atoms with Crippen molar-refractivity contribution in [1.29, 1.82) is 0 Å². The van der Waals surface area contributed by atoms with Crippen molar-refractivity contribution < 1.29 is 9.90 Å². The lowest BCUT2D eigenvalue weighted by atomic mass is 10.3. The second-order valence-electron chi connectivity index (χ2n) is 2.01. The Morgan fingerprint density at radius 1 is 1.73 bits per heavy atom. The highest BCUT2D eigenvalue weighted by molar-refractivity contribution is 5.64. The van der Waals surface area contributed by atoms with Gasteiger partial charge in [-0.3, -0.25) is 0 Å². The molecule has 0 bridgehead atoms. The van der Waals surface area contributed by atoms with E-state index < -0.39 is 6.09 Å². The van der Waals surface area contributed by atoms with Gasteiger partial charge in [-0.15, -0.1) is 0 Å². The smallest absolute Gasteiger partial charge is 0.404 e. The highest BCUT2D eigenvalue weighted by Crippen LogP contribution is 1.96. The first kappa shape index (κ1) is 7.52. The third-order valence-electron chi connectivity index (χ3n) is 1.23.